The zero-order valence-electron chi connectivity index (χ0n) is 11.4. The molecule has 1 aliphatic rings. The molecule has 0 saturated carbocycles. The van der Waals surface area contributed by atoms with Gasteiger partial charge in [-0.3, -0.25) is 20.2 Å². The van der Waals surface area contributed by atoms with Crippen LogP contribution in [0.25, 0.3) is 17.4 Å². The first-order chi connectivity index (χ1) is 10.9. The summed E-state index contributed by atoms with van der Waals surface area (Å²) in [5.74, 6) is -0.357. The van der Waals surface area contributed by atoms with Crippen molar-refractivity contribution in [3.8, 4) is 17.1 Å². The minimum Gasteiger partial charge on any atom is -0.868 e. The number of rotatable bonds is 3. The highest BCUT2D eigenvalue weighted by Crippen LogP contribution is 2.31. The van der Waals surface area contributed by atoms with Crippen LogP contribution < -0.4 is 15.7 Å². The number of hydrogen-bond donors (Lipinski definition) is 2. The zero-order valence-corrected chi connectivity index (χ0v) is 12.2. The summed E-state index contributed by atoms with van der Waals surface area (Å²) in [6.45, 7) is 0. The summed E-state index contributed by atoms with van der Waals surface area (Å²) < 4.78 is 5.53. The summed E-state index contributed by atoms with van der Waals surface area (Å²) in [5, 5.41) is 27.5. The van der Waals surface area contributed by atoms with Crippen LogP contribution in [0.15, 0.2) is 40.4 Å². The predicted molar refractivity (Wildman–Crippen MR) is 82.1 cm³/mol. The molecule has 8 nitrogen and oxygen atoms in total. The van der Waals surface area contributed by atoms with E-state index in [1.165, 1.54) is 12.1 Å². The molecule has 1 aromatic heterocycles. The third-order valence-electron chi connectivity index (χ3n) is 3.07. The van der Waals surface area contributed by atoms with Gasteiger partial charge in [-0.1, -0.05) is 12.1 Å². The van der Waals surface area contributed by atoms with Crippen LogP contribution in [0.1, 0.15) is 5.76 Å². The second kappa shape index (κ2) is 5.54. The van der Waals surface area contributed by atoms with Crippen LogP contribution in [0, 0.1) is 10.1 Å². The van der Waals surface area contributed by atoms with Crippen LogP contribution in [0.3, 0.4) is 0 Å². The summed E-state index contributed by atoms with van der Waals surface area (Å²) in [4.78, 5) is 21.6. The predicted octanol–water partition coefficient (Wildman–Crippen LogP) is 1.27. The van der Waals surface area contributed by atoms with Gasteiger partial charge in [0.1, 0.15) is 17.2 Å². The smallest absolute Gasteiger partial charge is 0.274 e. The molecule has 3 rings (SSSR count). The lowest BCUT2D eigenvalue weighted by molar-refractivity contribution is -0.398. The highest BCUT2D eigenvalue weighted by molar-refractivity contribution is 7.80. The van der Waals surface area contributed by atoms with Crippen LogP contribution in [-0.4, -0.2) is 15.9 Å². The molecule has 1 amide bonds. The number of nitrogens with one attached hydrogen (secondary N) is 2. The number of nitro groups is 1. The number of carbonyl (C=O) groups is 1. The highest BCUT2D eigenvalue weighted by atomic mass is 32.1. The Morgan fingerprint density at radius 1 is 1.22 bits per heavy atom. The van der Waals surface area contributed by atoms with Crippen molar-refractivity contribution in [3.63, 3.8) is 0 Å². The van der Waals surface area contributed by atoms with Gasteiger partial charge >= 0.3 is 0 Å². The van der Waals surface area contributed by atoms with Crippen LogP contribution in [-0.2, 0) is 4.79 Å². The average Bonchev–Trinajstić information content (AvgIpc) is 3.06. The van der Waals surface area contributed by atoms with Crippen molar-refractivity contribution >= 4 is 35.0 Å². The van der Waals surface area contributed by atoms with Gasteiger partial charge in [0.05, 0.1) is 4.92 Å². The lowest BCUT2D eigenvalue weighted by atomic mass is 10.1. The molecule has 2 N–H and O–H groups in total. The van der Waals surface area contributed by atoms with Crippen LogP contribution >= 0.6 is 12.2 Å². The Labute approximate surface area is 134 Å². The fraction of sp³-hybridized carbons (Fsp3) is 0. The van der Waals surface area contributed by atoms with Gasteiger partial charge in [0, 0.05) is 17.7 Å². The number of nitro benzene ring substituents is 1. The minimum atomic E-state index is -0.745. The van der Waals surface area contributed by atoms with E-state index in [2.05, 4.69) is 10.6 Å². The summed E-state index contributed by atoms with van der Waals surface area (Å²) in [5.41, 5.74) is 0.0954. The second-order valence-electron chi connectivity index (χ2n) is 4.61. The highest BCUT2D eigenvalue weighted by Gasteiger charge is 2.20. The number of carbonyl (C=O) groups excluding carboxylic acids is 1. The van der Waals surface area contributed by atoms with Gasteiger partial charge in [0.25, 0.3) is 11.6 Å². The van der Waals surface area contributed by atoms with Gasteiger partial charge in [0.2, 0.25) is 0 Å². The molecule has 116 valence electrons. The molecule has 9 heteroatoms. The Morgan fingerprint density at radius 3 is 2.65 bits per heavy atom. The van der Waals surface area contributed by atoms with E-state index in [4.69, 9.17) is 16.6 Å². The van der Waals surface area contributed by atoms with Gasteiger partial charge in [-0.2, -0.15) is 0 Å². The molecule has 0 spiro atoms. The van der Waals surface area contributed by atoms with Crippen molar-refractivity contribution in [1.82, 2.24) is 10.6 Å². The molecule has 0 aliphatic carbocycles. The second-order valence-corrected chi connectivity index (χ2v) is 5.02. The lowest BCUT2D eigenvalue weighted by Crippen LogP contribution is -2.21. The van der Waals surface area contributed by atoms with Crippen molar-refractivity contribution < 1.29 is 19.2 Å². The Bertz CT molecular complexity index is 871. The zero-order chi connectivity index (χ0) is 16.6. The molecule has 2 aromatic rings. The maximum atomic E-state index is 11.5. The lowest BCUT2D eigenvalue weighted by Gasteiger charge is -2.06. The Balaban J connectivity index is 1.92. The standard InChI is InChI=1S/C14H9N3O5S/c18-11-3-1-7(5-10(11)17(20)21)12-4-2-8(22-12)6-9-13(19)16-14(23)15-9/h1-6,18H,(H2,15,16,19,23)/p-1/b9-6+. The van der Waals surface area contributed by atoms with Crippen LogP contribution in [0.5, 0.6) is 5.75 Å². The summed E-state index contributed by atoms with van der Waals surface area (Å²) in [7, 11) is 0. The molecule has 0 bridgehead atoms. The first-order valence-corrected chi connectivity index (χ1v) is 6.74. The molecule has 2 heterocycles. The third kappa shape index (κ3) is 2.90. The first-order valence-electron chi connectivity index (χ1n) is 6.34. The van der Waals surface area contributed by atoms with E-state index in [0.29, 0.717) is 17.1 Å². The van der Waals surface area contributed by atoms with E-state index < -0.39 is 16.4 Å². The monoisotopic (exact) mass is 330 g/mol. The van der Waals surface area contributed by atoms with Gasteiger partial charge in [-0.15, -0.1) is 0 Å². The number of amides is 1. The third-order valence-corrected chi connectivity index (χ3v) is 3.28. The average molecular weight is 330 g/mol. The molecule has 1 aromatic carbocycles. The van der Waals surface area contributed by atoms with E-state index in [0.717, 1.165) is 12.1 Å². The van der Waals surface area contributed by atoms with Crippen LogP contribution in [0.4, 0.5) is 5.69 Å². The van der Waals surface area contributed by atoms with E-state index in [1.54, 1.807) is 12.1 Å². The van der Waals surface area contributed by atoms with Crippen molar-refractivity contribution in [2.24, 2.45) is 0 Å². The molecular formula is C14H8N3O5S-. The van der Waals surface area contributed by atoms with E-state index in [9.17, 15) is 20.0 Å². The van der Waals surface area contributed by atoms with E-state index >= 15 is 0 Å². The molecular weight excluding hydrogens is 322 g/mol. The van der Waals surface area contributed by atoms with Crippen LogP contribution in [0.2, 0.25) is 0 Å². The molecule has 0 atom stereocenters. The first kappa shape index (κ1) is 14.7. The normalized spacial score (nSPS) is 15.6. The quantitative estimate of drug-likeness (QED) is 0.376. The number of hydrogen-bond acceptors (Lipinski definition) is 6. The van der Waals surface area contributed by atoms with Crippen molar-refractivity contribution in [3.05, 3.63) is 51.9 Å². The maximum Gasteiger partial charge on any atom is 0.274 e. The van der Waals surface area contributed by atoms with Crippen molar-refractivity contribution in [2.75, 3.05) is 0 Å². The van der Waals surface area contributed by atoms with E-state index in [-0.39, 0.29) is 16.7 Å². The SMILES string of the molecule is O=C1NC(=S)N/C1=C/c1ccc(-c2ccc([O-])c([N+](=O)[O-])c2)o1. The van der Waals surface area contributed by atoms with E-state index in [1.807, 2.05) is 0 Å². The van der Waals surface area contributed by atoms with Gasteiger partial charge < -0.3 is 14.8 Å². The molecule has 1 saturated heterocycles. The summed E-state index contributed by atoms with van der Waals surface area (Å²) in [6.07, 6.45) is 1.45. The number of furan rings is 1. The minimum absolute atomic E-state index is 0.203. The number of thiocarbonyl (C=S) groups is 1. The molecule has 1 fully saturated rings. The maximum absolute atomic E-state index is 11.5. The number of benzene rings is 1. The Kier molecular flexibility index (Phi) is 3.54. The summed E-state index contributed by atoms with van der Waals surface area (Å²) in [6, 6.07) is 6.86. The number of nitrogens with zero attached hydrogens (tertiary/aromatic N) is 1. The fourth-order valence-electron chi connectivity index (χ4n) is 2.02. The Morgan fingerprint density at radius 2 is 2.00 bits per heavy atom. The molecule has 0 unspecified atom stereocenters. The van der Waals surface area contributed by atoms with Gasteiger partial charge in [-0.25, -0.2) is 0 Å². The molecule has 0 radical (unpaired) electrons. The Hall–Kier alpha value is -3.20. The summed E-state index contributed by atoms with van der Waals surface area (Å²) >= 11 is 4.81. The molecule has 23 heavy (non-hydrogen) atoms. The van der Waals surface area contributed by atoms with Crippen molar-refractivity contribution in [1.29, 1.82) is 0 Å². The van der Waals surface area contributed by atoms with Crippen molar-refractivity contribution in [2.45, 2.75) is 0 Å². The van der Waals surface area contributed by atoms with Gasteiger partial charge in [0.15, 0.2) is 5.11 Å². The molecule has 1 aliphatic heterocycles. The fourth-order valence-corrected chi connectivity index (χ4v) is 2.23. The topological polar surface area (TPSA) is 120 Å². The largest absolute Gasteiger partial charge is 0.868 e. The van der Waals surface area contributed by atoms with Gasteiger partial charge in [-0.05, 0) is 30.1 Å².